The molecule has 0 radical (unpaired) electrons. The molecule has 0 saturated heterocycles. The summed E-state index contributed by atoms with van der Waals surface area (Å²) in [6.07, 6.45) is 1.29. The molecule has 2 aromatic rings. The van der Waals surface area contributed by atoms with E-state index in [9.17, 15) is 9.59 Å². The van der Waals surface area contributed by atoms with E-state index in [1.165, 1.54) is 0 Å². The number of hydrogen-bond acceptors (Lipinski definition) is 6. The molecule has 0 saturated carbocycles. The van der Waals surface area contributed by atoms with Crippen LogP contribution in [0.2, 0.25) is 0 Å². The maximum Gasteiger partial charge on any atom is 0.239 e. The Morgan fingerprint density at radius 3 is 2.81 bits per heavy atom. The molecule has 4 rings (SSSR count). The van der Waals surface area contributed by atoms with E-state index < -0.39 is 0 Å². The van der Waals surface area contributed by atoms with Gasteiger partial charge in [-0.25, -0.2) is 0 Å². The second kappa shape index (κ2) is 8.85. The molecule has 0 bridgehead atoms. The molecule has 0 spiro atoms. The standard InChI is InChI=1S/C24H29N3O3S/c1-24(2)13-17-22(19(28)14-24)23(20-9-6-12-31-20)27(15-21(29)25-10-11-30-3)18-8-5-4-7-16(18)26-17/h4-9,12,23,26H,10-11,13-15H2,1-3H3,(H,25,29)/t23-/m0/s1. The fraction of sp³-hybridized carbons (Fsp3) is 0.417. The normalized spacial score (nSPS) is 19.9. The first-order chi connectivity index (χ1) is 14.9. The van der Waals surface area contributed by atoms with Gasteiger partial charge >= 0.3 is 0 Å². The number of thiophene rings is 1. The van der Waals surface area contributed by atoms with Crippen molar-refractivity contribution in [3.05, 3.63) is 57.9 Å². The molecule has 1 atom stereocenters. The quantitative estimate of drug-likeness (QED) is 0.663. The first-order valence-electron chi connectivity index (χ1n) is 10.6. The largest absolute Gasteiger partial charge is 0.383 e. The van der Waals surface area contributed by atoms with E-state index in [-0.39, 0.29) is 29.7 Å². The van der Waals surface area contributed by atoms with E-state index >= 15 is 0 Å². The highest BCUT2D eigenvalue weighted by Gasteiger charge is 2.42. The highest BCUT2D eigenvalue weighted by Crippen LogP contribution is 2.48. The molecule has 1 aromatic heterocycles. The topological polar surface area (TPSA) is 70.7 Å². The van der Waals surface area contributed by atoms with E-state index in [1.54, 1.807) is 18.4 Å². The summed E-state index contributed by atoms with van der Waals surface area (Å²) in [6.45, 7) is 5.33. The molecule has 1 aromatic carbocycles. The molecule has 2 aliphatic rings. The zero-order valence-electron chi connectivity index (χ0n) is 18.2. The molecule has 31 heavy (non-hydrogen) atoms. The summed E-state index contributed by atoms with van der Waals surface area (Å²) < 4.78 is 5.05. The summed E-state index contributed by atoms with van der Waals surface area (Å²) in [6, 6.07) is 11.7. The van der Waals surface area contributed by atoms with Crippen LogP contribution >= 0.6 is 11.3 Å². The molecule has 1 aliphatic carbocycles. The molecule has 1 amide bonds. The minimum Gasteiger partial charge on any atom is -0.383 e. The zero-order chi connectivity index (χ0) is 22.0. The number of ketones is 1. The highest BCUT2D eigenvalue weighted by molar-refractivity contribution is 7.10. The average Bonchev–Trinajstić information content (AvgIpc) is 3.19. The third kappa shape index (κ3) is 4.52. The molecule has 2 N–H and O–H groups in total. The smallest absolute Gasteiger partial charge is 0.239 e. The molecule has 1 aliphatic heterocycles. The van der Waals surface area contributed by atoms with Crippen LogP contribution in [-0.2, 0) is 14.3 Å². The first-order valence-corrected chi connectivity index (χ1v) is 11.5. The van der Waals surface area contributed by atoms with Crippen LogP contribution in [-0.4, -0.2) is 38.5 Å². The number of carbonyl (C=O) groups excluding carboxylic acids is 2. The van der Waals surface area contributed by atoms with Crippen molar-refractivity contribution >= 4 is 34.4 Å². The average molecular weight is 440 g/mol. The SMILES string of the molecule is COCCNC(=O)CN1c2ccccc2NC2=C(C(=O)CC(C)(C)C2)[C@@H]1c1cccs1. The van der Waals surface area contributed by atoms with Gasteiger partial charge in [-0.15, -0.1) is 11.3 Å². The van der Waals surface area contributed by atoms with Crippen LogP contribution in [0.1, 0.15) is 37.6 Å². The van der Waals surface area contributed by atoms with E-state index in [0.29, 0.717) is 19.6 Å². The number of methoxy groups -OCH3 is 1. The first kappa shape index (κ1) is 21.6. The Morgan fingerprint density at radius 2 is 2.06 bits per heavy atom. The molecular formula is C24H29N3O3S. The Morgan fingerprint density at radius 1 is 1.26 bits per heavy atom. The van der Waals surface area contributed by atoms with E-state index in [0.717, 1.165) is 33.9 Å². The lowest BCUT2D eigenvalue weighted by molar-refractivity contribution is -0.121. The Balaban J connectivity index is 1.82. The number of fused-ring (bicyclic) bond motifs is 1. The van der Waals surface area contributed by atoms with Crippen molar-refractivity contribution in [3.8, 4) is 0 Å². The van der Waals surface area contributed by atoms with Gasteiger partial charge in [0, 0.05) is 36.2 Å². The minimum atomic E-state index is -0.303. The summed E-state index contributed by atoms with van der Waals surface area (Å²) in [5, 5.41) is 8.51. The van der Waals surface area contributed by atoms with E-state index in [4.69, 9.17) is 4.74 Å². The van der Waals surface area contributed by atoms with Crippen molar-refractivity contribution < 1.29 is 14.3 Å². The number of rotatable bonds is 6. The second-order valence-corrected chi connectivity index (χ2v) is 9.84. The van der Waals surface area contributed by atoms with Gasteiger partial charge in [-0.2, -0.15) is 0 Å². The van der Waals surface area contributed by atoms with Gasteiger partial charge in [-0.1, -0.05) is 32.0 Å². The lowest BCUT2D eigenvalue weighted by atomic mass is 9.74. The van der Waals surface area contributed by atoms with Gasteiger partial charge in [-0.3, -0.25) is 9.59 Å². The summed E-state index contributed by atoms with van der Waals surface area (Å²) in [5.74, 6) is 0.0517. The molecule has 6 nitrogen and oxygen atoms in total. The number of allylic oxidation sites excluding steroid dienone is 1. The number of carbonyl (C=O) groups is 2. The van der Waals surface area contributed by atoms with Gasteiger partial charge in [0.2, 0.25) is 5.91 Å². The van der Waals surface area contributed by atoms with Gasteiger partial charge < -0.3 is 20.3 Å². The van der Waals surface area contributed by atoms with Gasteiger partial charge in [0.25, 0.3) is 0 Å². The third-order valence-corrected chi connectivity index (χ3v) is 6.68. The van der Waals surface area contributed by atoms with Crippen LogP contribution in [0.25, 0.3) is 0 Å². The maximum absolute atomic E-state index is 13.5. The number of nitrogens with zero attached hydrogens (tertiary/aromatic N) is 1. The van der Waals surface area contributed by atoms with Crippen LogP contribution < -0.4 is 15.5 Å². The summed E-state index contributed by atoms with van der Waals surface area (Å²) in [4.78, 5) is 29.4. The Kier molecular flexibility index (Phi) is 6.16. The molecule has 164 valence electrons. The summed E-state index contributed by atoms with van der Waals surface area (Å²) >= 11 is 1.62. The van der Waals surface area contributed by atoms with Crippen molar-refractivity contribution in [1.29, 1.82) is 0 Å². The number of Topliss-reactive ketones (excluding diaryl/α,β-unsaturated/α-hetero) is 1. The Hall–Kier alpha value is -2.64. The van der Waals surface area contributed by atoms with Crippen molar-refractivity contribution in [3.63, 3.8) is 0 Å². The van der Waals surface area contributed by atoms with Crippen LogP contribution in [0.3, 0.4) is 0 Å². The van der Waals surface area contributed by atoms with Crippen molar-refractivity contribution in [1.82, 2.24) is 5.32 Å². The van der Waals surface area contributed by atoms with Crippen LogP contribution in [0.4, 0.5) is 11.4 Å². The van der Waals surface area contributed by atoms with Gasteiger partial charge in [0.05, 0.1) is 30.6 Å². The monoisotopic (exact) mass is 439 g/mol. The van der Waals surface area contributed by atoms with Crippen LogP contribution in [0.5, 0.6) is 0 Å². The molecular weight excluding hydrogens is 410 g/mol. The number of ether oxygens (including phenoxy) is 1. The Labute approximate surface area is 187 Å². The predicted molar refractivity (Wildman–Crippen MR) is 124 cm³/mol. The van der Waals surface area contributed by atoms with Crippen LogP contribution in [0, 0.1) is 5.41 Å². The predicted octanol–water partition coefficient (Wildman–Crippen LogP) is 4.13. The number of hydrogen-bond donors (Lipinski definition) is 2. The lowest BCUT2D eigenvalue weighted by Crippen LogP contribution is -2.42. The summed E-state index contributed by atoms with van der Waals surface area (Å²) in [7, 11) is 1.61. The Bertz CT molecular complexity index is 997. The minimum absolute atomic E-state index is 0.0963. The number of amides is 1. The molecule has 2 heterocycles. The van der Waals surface area contributed by atoms with Gasteiger partial charge in [0.1, 0.15) is 0 Å². The lowest BCUT2D eigenvalue weighted by Gasteiger charge is -2.37. The third-order valence-electron chi connectivity index (χ3n) is 5.76. The zero-order valence-corrected chi connectivity index (χ0v) is 19.1. The summed E-state index contributed by atoms with van der Waals surface area (Å²) in [5.41, 5.74) is 3.48. The second-order valence-electron chi connectivity index (χ2n) is 8.86. The van der Waals surface area contributed by atoms with E-state index in [2.05, 4.69) is 35.4 Å². The fourth-order valence-electron chi connectivity index (χ4n) is 4.47. The highest BCUT2D eigenvalue weighted by atomic mass is 32.1. The molecule has 0 unspecified atom stereocenters. The number of nitrogens with one attached hydrogen (secondary N) is 2. The van der Waals surface area contributed by atoms with Gasteiger partial charge in [0.15, 0.2) is 5.78 Å². The fourth-order valence-corrected chi connectivity index (χ4v) is 5.32. The number of benzene rings is 1. The number of para-hydroxylation sites is 2. The van der Waals surface area contributed by atoms with Crippen LogP contribution in [0.15, 0.2) is 53.0 Å². The van der Waals surface area contributed by atoms with Crippen molar-refractivity contribution in [2.24, 2.45) is 5.41 Å². The van der Waals surface area contributed by atoms with Gasteiger partial charge in [-0.05, 0) is 35.4 Å². The number of anilines is 2. The van der Waals surface area contributed by atoms with E-state index in [1.807, 2.05) is 35.7 Å². The molecule has 0 fully saturated rings. The van der Waals surface area contributed by atoms with Crippen molar-refractivity contribution in [2.75, 3.05) is 37.0 Å². The van der Waals surface area contributed by atoms with Crippen molar-refractivity contribution in [2.45, 2.75) is 32.7 Å². The molecule has 7 heteroatoms. The maximum atomic E-state index is 13.5.